The quantitative estimate of drug-likeness (QED) is 0.646. The molecular weight excluding hydrogens is 370 g/mol. The third kappa shape index (κ3) is 9.45. The molecule has 3 amide bonds. The van der Waals surface area contributed by atoms with Crippen molar-refractivity contribution in [3.63, 3.8) is 0 Å². The SMILES string of the molecule is CC(C)(C)OC(=O)NCC(=O)NCc1ccc(NC(=O)CC2CCCCC2)cc1. The second-order valence-corrected chi connectivity index (χ2v) is 8.59. The summed E-state index contributed by atoms with van der Waals surface area (Å²) >= 11 is 0. The van der Waals surface area contributed by atoms with E-state index in [1.54, 1.807) is 20.8 Å². The lowest BCUT2D eigenvalue weighted by Crippen LogP contribution is -2.39. The molecule has 0 unspecified atom stereocenters. The molecule has 0 heterocycles. The molecular formula is C22H33N3O4. The van der Waals surface area contributed by atoms with Gasteiger partial charge in [-0.25, -0.2) is 4.79 Å². The van der Waals surface area contributed by atoms with Gasteiger partial charge in [0.2, 0.25) is 11.8 Å². The minimum Gasteiger partial charge on any atom is -0.444 e. The lowest BCUT2D eigenvalue weighted by atomic mass is 9.87. The molecule has 1 aromatic rings. The Balaban J connectivity index is 1.68. The van der Waals surface area contributed by atoms with Gasteiger partial charge < -0.3 is 20.7 Å². The number of nitrogens with one attached hydrogen (secondary N) is 3. The molecule has 0 radical (unpaired) electrons. The van der Waals surface area contributed by atoms with Crippen LogP contribution in [0, 0.1) is 5.92 Å². The average molecular weight is 404 g/mol. The second kappa shape index (κ2) is 10.8. The Hall–Kier alpha value is -2.57. The van der Waals surface area contributed by atoms with Crippen molar-refractivity contribution in [2.24, 2.45) is 5.92 Å². The van der Waals surface area contributed by atoms with Gasteiger partial charge in [0.25, 0.3) is 0 Å². The topological polar surface area (TPSA) is 96.5 Å². The first-order valence-electron chi connectivity index (χ1n) is 10.3. The number of hydrogen-bond donors (Lipinski definition) is 3. The smallest absolute Gasteiger partial charge is 0.408 e. The number of alkyl carbamates (subject to hydrolysis) is 1. The van der Waals surface area contributed by atoms with Gasteiger partial charge in [0, 0.05) is 18.7 Å². The van der Waals surface area contributed by atoms with Gasteiger partial charge in [-0.15, -0.1) is 0 Å². The number of benzene rings is 1. The molecule has 1 fully saturated rings. The Kier molecular flexibility index (Phi) is 8.49. The summed E-state index contributed by atoms with van der Waals surface area (Å²) in [7, 11) is 0. The first kappa shape index (κ1) is 22.7. The highest BCUT2D eigenvalue weighted by Gasteiger charge is 2.17. The summed E-state index contributed by atoms with van der Waals surface area (Å²) in [5.74, 6) is 0.263. The van der Waals surface area contributed by atoms with Gasteiger partial charge in [0.05, 0.1) is 0 Å². The van der Waals surface area contributed by atoms with Crippen molar-refractivity contribution < 1.29 is 19.1 Å². The summed E-state index contributed by atoms with van der Waals surface area (Å²) in [6, 6.07) is 7.38. The fourth-order valence-electron chi connectivity index (χ4n) is 3.30. The van der Waals surface area contributed by atoms with E-state index in [2.05, 4.69) is 16.0 Å². The molecule has 1 saturated carbocycles. The zero-order valence-electron chi connectivity index (χ0n) is 17.7. The average Bonchev–Trinajstić information content (AvgIpc) is 2.65. The van der Waals surface area contributed by atoms with Crippen LogP contribution >= 0.6 is 0 Å². The molecule has 7 heteroatoms. The number of ether oxygens (including phenoxy) is 1. The van der Waals surface area contributed by atoms with Crippen molar-refractivity contribution in [2.75, 3.05) is 11.9 Å². The molecule has 0 atom stereocenters. The summed E-state index contributed by atoms with van der Waals surface area (Å²) in [5, 5.41) is 8.10. The molecule has 2 rings (SSSR count). The van der Waals surface area contributed by atoms with Gasteiger partial charge in [0.1, 0.15) is 12.1 Å². The fourth-order valence-corrected chi connectivity index (χ4v) is 3.30. The Labute approximate surface area is 173 Å². The van der Waals surface area contributed by atoms with Crippen molar-refractivity contribution in [1.29, 1.82) is 0 Å². The van der Waals surface area contributed by atoms with Crippen LogP contribution in [0.2, 0.25) is 0 Å². The number of rotatable bonds is 7. The van der Waals surface area contributed by atoms with Crippen molar-refractivity contribution in [1.82, 2.24) is 10.6 Å². The van der Waals surface area contributed by atoms with Crippen molar-refractivity contribution >= 4 is 23.6 Å². The molecule has 0 bridgehead atoms. The summed E-state index contributed by atoms with van der Waals surface area (Å²) < 4.78 is 5.08. The van der Waals surface area contributed by atoms with E-state index in [-0.39, 0.29) is 18.4 Å². The molecule has 1 aromatic carbocycles. The summed E-state index contributed by atoms with van der Waals surface area (Å²) in [6.45, 7) is 5.47. The van der Waals surface area contributed by atoms with Crippen LogP contribution in [0.4, 0.5) is 10.5 Å². The van der Waals surface area contributed by atoms with Gasteiger partial charge >= 0.3 is 6.09 Å². The summed E-state index contributed by atoms with van der Waals surface area (Å²) in [5.41, 5.74) is 1.06. The van der Waals surface area contributed by atoms with Gasteiger partial charge in [-0.1, -0.05) is 31.4 Å². The van der Waals surface area contributed by atoms with Crippen LogP contribution < -0.4 is 16.0 Å². The lowest BCUT2D eigenvalue weighted by molar-refractivity contribution is -0.120. The van der Waals surface area contributed by atoms with E-state index in [0.29, 0.717) is 18.9 Å². The Bertz CT molecular complexity index is 689. The van der Waals surface area contributed by atoms with Crippen LogP contribution in [0.5, 0.6) is 0 Å². The summed E-state index contributed by atoms with van der Waals surface area (Å²) in [4.78, 5) is 35.6. The molecule has 7 nitrogen and oxygen atoms in total. The van der Waals surface area contributed by atoms with Crippen LogP contribution in [0.25, 0.3) is 0 Å². The van der Waals surface area contributed by atoms with E-state index in [1.807, 2.05) is 24.3 Å². The van der Waals surface area contributed by atoms with Gasteiger partial charge in [-0.05, 0) is 57.2 Å². The van der Waals surface area contributed by atoms with Crippen LogP contribution in [0.3, 0.4) is 0 Å². The number of carbonyl (C=O) groups excluding carboxylic acids is 3. The van der Waals surface area contributed by atoms with E-state index in [1.165, 1.54) is 19.3 Å². The maximum Gasteiger partial charge on any atom is 0.408 e. The third-order valence-electron chi connectivity index (χ3n) is 4.72. The second-order valence-electron chi connectivity index (χ2n) is 8.59. The lowest BCUT2D eigenvalue weighted by Gasteiger charge is -2.20. The zero-order chi connectivity index (χ0) is 21.3. The predicted octanol–water partition coefficient (Wildman–Crippen LogP) is 3.74. The molecule has 3 N–H and O–H groups in total. The molecule has 1 aliphatic rings. The largest absolute Gasteiger partial charge is 0.444 e. The van der Waals surface area contributed by atoms with Crippen LogP contribution in [-0.4, -0.2) is 30.1 Å². The maximum absolute atomic E-state index is 12.2. The monoisotopic (exact) mass is 403 g/mol. The highest BCUT2D eigenvalue weighted by atomic mass is 16.6. The third-order valence-corrected chi connectivity index (χ3v) is 4.72. The molecule has 160 valence electrons. The molecule has 29 heavy (non-hydrogen) atoms. The Morgan fingerprint density at radius 3 is 2.24 bits per heavy atom. The van der Waals surface area contributed by atoms with Crippen LogP contribution in [0.15, 0.2) is 24.3 Å². The van der Waals surface area contributed by atoms with Crippen molar-refractivity contribution in [2.45, 2.75) is 71.4 Å². The molecule has 1 aliphatic carbocycles. The molecule has 0 aliphatic heterocycles. The van der Waals surface area contributed by atoms with E-state index in [0.717, 1.165) is 24.1 Å². The van der Waals surface area contributed by atoms with E-state index >= 15 is 0 Å². The highest BCUT2D eigenvalue weighted by molar-refractivity contribution is 5.90. The van der Waals surface area contributed by atoms with Gasteiger partial charge in [-0.2, -0.15) is 0 Å². The minimum absolute atomic E-state index is 0.0613. The normalized spacial score (nSPS) is 14.7. The molecule has 0 saturated heterocycles. The predicted molar refractivity (Wildman–Crippen MR) is 112 cm³/mol. The number of anilines is 1. The summed E-state index contributed by atoms with van der Waals surface area (Å²) in [6.07, 6.45) is 6.00. The maximum atomic E-state index is 12.2. The molecule has 0 spiro atoms. The van der Waals surface area contributed by atoms with E-state index in [4.69, 9.17) is 4.74 Å². The number of carbonyl (C=O) groups is 3. The van der Waals surface area contributed by atoms with Crippen molar-refractivity contribution in [3.8, 4) is 0 Å². The van der Waals surface area contributed by atoms with Crippen molar-refractivity contribution in [3.05, 3.63) is 29.8 Å². The number of amides is 3. The first-order valence-corrected chi connectivity index (χ1v) is 10.3. The number of hydrogen-bond acceptors (Lipinski definition) is 4. The highest BCUT2D eigenvalue weighted by Crippen LogP contribution is 2.26. The van der Waals surface area contributed by atoms with Crippen LogP contribution in [0.1, 0.15) is 64.9 Å². The first-order chi connectivity index (χ1) is 13.7. The fraction of sp³-hybridized carbons (Fsp3) is 0.591. The Morgan fingerprint density at radius 1 is 0.966 bits per heavy atom. The van der Waals surface area contributed by atoms with Crippen LogP contribution in [-0.2, 0) is 20.9 Å². The Morgan fingerprint density at radius 2 is 1.62 bits per heavy atom. The van der Waals surface area contributed by atoms with Gasteiger partial charge in [0.15, 0.2) is 0 Å². The van der Waals surface area contributed by atoms with Gasteiger partial charge in [-0.3, -0.25) is 9.59 Å². The van der Waals surface area contributed by atoms with E-state index in [9.17, 15) is 14.4 Å². The molecule has 0 aromatic heterocycles. The minimum atomic E-state index is -0.624. The zero-order valence-corrected chi connectivity index (χ0v) is 17.7. The standard InChI is InChI=1S/C22H33N3O4/c1-22(2,3)29-21(28)24-15-20(27)23-14-17-9-11-18(12-10-17)25-19(26)13-16-7-5-4-6-8-16/h9-12,16H,4-8,13-15H2,1-3H3,(H,23,27)(H,24,28)(H,25,26). The van der Waals surface area contributed by atoms with E-state index < -0.39 is 11.7 Å².